The third kappa shape index (κ3) is 3.29. The number of fused-ring (bicyclic) bond motifs is 3. The number of hydrogen-bond donors (Lipinski definition) is 1. The van der Waals surface area contributed by atoms with Gasteiger partial charge in [0.15, 0.2) is 0 Å². The molecule has 1 aliphatic heterocycles. The summed E-state index contributed by atoms with van der Waals surface area (Å²) in [6.45, 7) is 3.68. The Balaban J connectivity index is 1.91. The van der Waals surface area contributed by atoms with Crippen molar-refractivity contribution in [2.75, 3.05) is 11.4 Å². The maximum Gasteiger partial charge on any atom is 0.211 e. The van der Waals surface area contributed by atoms with Gasteiger partial charge in [0, 0.05) is 23.7 Å². The van der Waals surface area contributed by atoms with Crippen molar-refractivity contribution in [1.82, 2.24) is 9.55 Å². The highest BCUT2D eigenvalue weighted by Gasteiger charge is 2.27. The molecule has 0 spiro atoms. The Hall–Kier alpha value is -1.46. The molecule has 1 unspecified atom stereocenters. The molecule has 142 valence electrons. The van der Waals surface area contributed by atoms with Crippen molar-refractivity contribution in [2.24, 2.45) is 0 Å². The van der Waals surface area contributed by atoms with Gasteiger partial charge in [-0.1, -0.05) is 54.2 Å². The summed E-state index contributed by atoms with van der Waals surface area (Å²) < 4.78 is 2.14. The van der Waals surface area contributed by atoms with Gasteiger partial charge in [-0.15, -0.1) is 0 Å². The van der Waals surface area contributed by atoms with Crippen LogP contribution in [0.3, 0.4) is 0 Å². The fraction of sp³-hybridized carbons (Fsp3) is 0.350. The molecular weight excluding hydrogens is 405 g/mol. The van der Waals surface area contributed by atoms with Crippen molar-refractivity contribution in [3.05, 3.63) is 51.0 Å². The van der Waals surface area contributed by atoms with Gasteiger partial charge < -0.3 is 14.6 Å². The Labute approximate surface area is 173 Å². The van der Waals surface area contributed by atoms with E-state index >= 15 is 0 Å². The topological polar surface area (TPSA) is 41.3 Å². The molecule has 4 nitrogen and oxygen atoms in total. The highest BCUT2D eigenvalue weighted by molar-refractivity contribution is 6.36. The van der Waals surface area contributed by atoms with Crippen LogP contribution in [0, 0.1) is 0 Å². The van der Waals surface area contributed by atoms with Gasteiger partial charge in [0.1, 0.15) is 5.52 Å². The number of imidazole rings is 1. The van der Waals surface area contributed by atoms with Crippen LogP contribution in [0.1, 0.15) is 37.9 Å². The third-order valence-electron chi connectivity index (χ3n) is 4.98. The number of halogens is 3. The number of benzene rings is 2. The van der Waals surface area contributed by atoms with E-state index in [1.807, 2.05) is 24.3 Å². The summed E-state index contributed by atoms with van der Waals surface area (Å²) in [5.74, 6) is 0.790. The molecule has 3 aromatic rings. The quantitative estimate of drug-likeness (QED) is 0.529. The third-order valence-corrected chi connectivity index (χ3v) is 5.83. The predicted molar refractivity (Wildman–Crippen MR) is 113 cm³/mol. The van der Waals surface area contributed by atoms with Gasteiger partial charge in [0.2, 0.25) is 5.95 Å². The summed E-state index contributed by atoms with van der Waals surface area (Å²) >= 11 is 19.0. The number of aromatic nitrogens is 2. The zero-order valence-corrected chi connectivity index (χ0v) is 17.2. The maximum atomic E-state index is 10.7. The van der Waals surface area contributed by atoms with Gasteiger partial charge >= 0.3 is 0 Å². The molecule has 1 N–H and O–H groups in total. The molecule has 1 atom stereocenters. The molecule has 1 aromatic heterocycles. The summed E-state index contributed by atoms with van der Waals surface area (Å²) in [7, 11) is 0. The number of hydrogen-bond acceptors (Lipinski definition) is 3. The molecular formula is C20H20Cl3N3O. The van der Waals surface area contributed by atoms with Crippen LogP contribution in [0.2, 0.25) is 15.1 Å². The lowest BCUT2D eigenvalue weighted by molar-refractivity contribution is 0.167. The molecule has 0 saturated carbocycles. The number of nitrogens with zero attached hydrogens (tertiary/aromatic N) is 3. The summed E-state index contributed by atoms with van der Waals surface area (Å²) in [5, 5.41) is 12.4. The fourth-order valence-corrected chi connectivity index (χ4v) is 4.46. The Morgan fingerprint density at radius 1 is 1.11 bits per heavy atom. The average Bonchev–Trinajstić information content (AvgIpc) is 3.03. The van der Waals surface area contributed by atoms with Crippen molar-refractivity contribution in [3.8, 4) is 0 Å². The lowest BCUT2D eigenvalue weighted by Gasteiger charge is -2.30. The highest BCUT2D eigenvalue weighted by Crippen LogP contribution is 2.40. The smallest absolute Gasteiger partial charge is 0.211 e. The van der Waals surface area contributed by atoms with Gasteiger partial charge in [0.05, 0.1) is 27.4 Å². The van der Waals surface area contributed by atoms with Crippen molar-refractivity contribution in [2.45, 2.75) is 38.8 Å². The zero-order valence-electron chi connectivity index (χ0n) is 14.9. The first-order chi connectivity index (χ1) is 13.0. The van der Waals surface area contributed by atoms with Crippen LogP contribution in [-0.2, 0) is 6.54 Å². The molecule has 2 aromatic carbocycles. The molecule has 7 heteroatoms. The molecule has 4 rings (SSSR count). The molecule has 0 bridgehead atoms. The van der Waals surface area contributed by atoms with E-state index in [1.54, 1.807) is 6.07 Å². The van der Waals surface area contributed by atoms with Crippen molar-refractivity contribution >= 4 is 57.5 Å². The molecule has 27 heavy (non-hydrogen) atoms. The number of aliphatic hydroxyl groups is 1. The molecule has 0 saturated heterocycles. The van der Waals surface area contributed by atoms with E-state index in [0.717, 1.165) is 54.2 Å². The van der Waals surface area contributed by atoms with E-state index in [9.17, 15) is 5.11 Å². The number of aryl methyl sites for hydroxylation is 1. The van der Waals surface area contributed by atoms with Gasteiger partial charge in [-0.3, -0.25) is 0 Å². The van der Waals surface area contributed by atoms with Crippen LogP contribution in [0.15, 0.2) is 30.3 Å². The Kier molecular flexibility index (Phi) is 5.26. The van der Waals surface area contributed by atoms with Gasteiger partial charge in [-0.2, -0.15) is 0 Å². The molecule has 2 heterocycles. The second-order valence-corrected chi connectivity index (χ2v) is 8.05. The van der Waals surface area contributed by atoms with Crippen LogP contribution in [0.25, 0.3) is 11.0 Å². The van der Waals surface area contributed by atoms with Crippen LogP contribution in [0.4, 0.5) is 11.6 Å². The normalized spacial score (nSPS) is 15.2. The fourth-order valence-electron chi connectivity index (χ4n) is 3.75. The van der Waals surface area contributed by atoms with Gasteiger partial charge in [-0.25, -0.2) is 4.98 Å². The zero-order chi connectivity index (χ0) is 19.1. The first-order valence-corrected chi connectivity index (χ1v) is 10.2. The molecule has 0 fully saturated rings. The Morgan fingerprint density at radius 3 is 2.67 bits per heavy atom. The predicted octanol–water partition coefficient (Wildman–Crippen LogP) is 6.37. The average molecular weight is 425 g/mol. The Morgan fingerprint density at radius 2 is 1.93 bits per heavy atom. The molecule has 0 radical (unpaired) electrons. The van der Waals surface area contributed by atoms with Crippen molar-refractivity contribution in [1.29, 1.82) is 0 Å². The molecule has 1 aliphatic rings. The minimum atomic E-state index is -0.537. The SMILES string of the molecule is CCCC(O)c1ccc(Cl)c2nc3n(c12)CCCN3c1ccc(Cl)cc1Cl. The monoisotopic (exact) mass is 423 g/mol. The van der Waals surface area contributed by atoms with E-state index in [4.69, 9.17) is 39.8 Å². The van der Waals surface area contributed by atoms with E-state index in [1.165, 1.54) is 0 Å². The summed E-state index contributed by atoms with van der Waals surface area (Å²) in [4.78, 5) is 6.92. The number of aliphatic hydroxyl groups excluding tert-OH is 1. The van der Waals surface area contributed by atoms with Crippen LogP contribution < -0.4 is 4.90 Å². The first kappa shape index (κ1) is 18.9. The summed E-state index contributed by atoms with van der Waals surface area (Å²) in [5.41, 5.74) is 3.37. The minimum absolute atomic E-state index is 0.537. The largest absolute Gasteiger partial charge is 0.388 e. The van der Waals surface area contributed by atoms with E-state index in [2.05, 4.69) is 16.4 Å². The lowest BCUT2D eigenvalue weighted by Crippen LogP contribution is -2.28. The second-order valence-electron chi connectivity index (χ2n) is 6.80. The Bertz CT molecular complexity index is 1000. The van der Waals surface area contributed by atoms with Crippen molar-refractivity contribution in [3.63, 3.8) is 0 Å². The van der Waals surface area contributed by atoms with Gasteiger partial charge in [-0.05, 0) is 37.1 Å². The summed E-state index contributed by atoms with van der Waals surface area (Å²) in [6, 6.07) is 9.20. The number of rotatable bonds is 4. The number of anilines is 2. The van der Waals surface area contributed by atoms with Crippen LogP contribution in [-0.4, -0.2) is 21.2 Å². The standard InChI is InChI=1S/C20H20Cl3N3O/c1-2-4-17(27)13-6-7-14(22)18-19(13)26-10-3-9-25(20(26)24-18)16-8-5-12(21)11-15(16)23/h5-8,11,17,27H,2-4,9-10H2,1H3. The lowest BCUT2D eigenvalue weighted by atomic mass is 10.0. The van der Waals surface area contributed by atoms with Gasteiger partial charge in [0.25, 0.3) is 0 Å². The molecule has 0 amide bonds. The molecule has 0 aliphatic carbocycles. The minimum Gasteiger partial charge on any atom is -0.388 e. The maximum absolute atomic E-state index is 10.7. The van der Waals surface area contributed by atoms with E-state index < -0.39 is 6.10 Å². The van der Waals surface area contributed by atoms with Crippen LogP contribution in [0.5, 0.6) is 0 Å². The summed E-state index contributed by atoms with van der Waals surface area (Å²) in [6.07, 6.45) is 2.00. The first-order valence-electron chi connectivity index (χ1n) is 9.10. The van der Waals surface area contributed by atoms with Crippen LogP contribution >= 0.6 is 34.8 Å². The van der Waals surface area contributed by atoms with E-state index in [-0.39, 0.29) is 0 Å². The van der Waals surface area contributed by atoms with E-state index in [0.29, 0.717) is 21.5 Å². The second kappa shape index (κ2) is 7.51. The van der Waals surface area contributed by atoms with Crippen molar-refractivity contribution < 1.29 is 5.11 Å². The highest BCUT2D eigenvalue weighted by atomic mass is 35.5.